The monoisotopic (exact) mass is 291 g/mol. The van der Waals surface area contributed by atoms with Gasteiger partial charge in [-0.3, -0.25) is 4.79 Å². The zero-order valence-electron chi connectivity index (χ0n) is 13.1. The molecule has 0 aliphatic carbocycles. The van der Waals surface area contributed by atoms with E-state index in [2.05, 4.69) is 35.6 Å². The zero-order valence-corrected chi connectivity index (χ0v) is 13.1. The second-order valence-electron chi connectivity index (χ2n) is 6.59. The summed E-state index contributed by atoms with van der Waals surface area (Å²) in [5, 5.41) is 0. The quantitative estimate of drug-likeness (QED) is 0.895. The van der Waals surface area contributed by atoms with Crippen molar-refractivity contribution in [3.05, 3.63) is 18.5 Å². The molecule has 21 heavy (non-hydrogen) atoms. The smallest absolute Gasteiger partial charge is 0.225 e. The van der Waals surface area contributed by atoms with Gasteiger partial charge >= 0.3 is 0 Å². The molecule has 116 valence electrons. The number of hydrogen-bond acceptors (Lipinski definition) is 5. The van der Waals surface area contributed by atoms with Gasteiger partial charge in [0.05, 0.1) is 0 Å². The standard InChI is InChI=1S/C15H25N5O/c1-15(2,3)12(16)11-13(21)19-7-9-20(10-8-19)14-17-5-4-6-18-14/h4-6,12H,7-11,16H2,1-3H3. The van der Waals surface area contributed by atoms with Crippen LogP contribution in [-0.2, 0) is 4.79 Å². The summed E-state index contributed by atoms with van der Waals surface area (Å²) in [7, 11) is 0. The molecule has 1 saturated heterocycles. The number of nitrogens with zero attached hydrogens (tertiary/aromatic N) is 4. The van der Waals surface area contributed by atoms with Crippen molar-refractivity contribution in [2.24, 2.45) is 11.1 Å². The zero-order chi connectivity index (χ0) is 15.5. The summed E-state index contributed by atoms with van der Waals surface area (Å²) in [5.74, 6) is 0.877. The molecule has 0 saturated carbocycles. The lowest BCUT2D eigenvalue weighted by Crippen LogP contribution is -2.51. The van der Waals surface area contributed by atoms with E-state index in [1.54, 1.807) is 18.5 Å². The van der Waals surface area contributed by atoms with Crippen LogP contribution in [-0.4, -0.2) is 53.0 Å². The van der Waals surface area contributed by atoms with Crippen LogP contribution < -0.4 is 10.6 Å². The number of amides is 1. The van der Waals surface area contributed by atoms with E-state index in [1.807, 2.05) is 4.90 Å². The fraction of sp³-hybridized carbons (Fsp3) is 0.667. The summed E-state index contributed by atoms with van der Waals surface area (Å²) in [5.41, 5.74) is 6.05. The predicted molar refractivity (Wildman–Crippen MR) is 82.9 cm³/mol. The van der Waals surface area contributed by atoms with Crippen LogP contribution in [0, 0.1) is 5.41 Å². The number of rotatable bonds is 3. The van der Waals surface area contributed by atoms with E-state index in [0.29, 0.717) is 19.5 Å². The maximum Gasteiger partial charge on any atom is 0.225 e. The van der Waals surface area contributed by atoms with E-state index in [4.69, 9.17) is 5.73 Å². The molecule has 1 fully saturated rings. The van der Waals surface area contributed by atoms with E-state index in [0.717, 1.165) is 19.0 Å². The van der Waals surface area contributed by atoms with Gasteiger partial charge < -0.3 is 15.5 Å². The largest absolute Gasteiger partial charge is 0.339 e. The van der Waals surface area contributed by atoms with Gasteiger partial charge in [0.1, 0.15) is 0 Å². The van der Waals surface area contributed by atoms with Crippen LogP contribution >= 0.6 is 0 Å². The van der Waals surface area contributed by atoms with Gasteiger partial charge in [0.2, 0.25) is 11.9 Å². The molecule has 6 nitrogen and oxygen atoms in total. The molecule has 2 N–H and O–H groups in total. The Bertz CT molecular complexity index is 463. The van der Waals surface area contributed by atoms with Crippen LogP contribution in [0.3, 0.4) is 0 Å². The summed E-state index contributed by atoms with van der Waals surface area (Å²) in [6, 6.07) is 1.69. The highest BCUT2D eigenvalue weighted by Crippen LogP contribution is 2.21. The first-order valence-corrected chi connectivity index (χ1v) is 7.43. The van der Waals surface area contributed by atoms with E-state index in [9.17, 15) is 4.79 Å². The lowest BCUT2D eigenvalue weighted by atomic mass is 9.85. The molecule has 6 heteroatoms. The molecule has 1 amide bonds. The molecule has 1 aliphatic heterocycles. The Morgan fingerprint density at radius 2 is 1.81 bits per heavy atom. The third-order valence-corrected chi connectivity index (χ3v) is 3.97. The summed E-state index contributed by atoms with van der Waals surface area (Å²) in [4.78, 5) is 24.8. The molecule has 1 atom stereocenters. The maximum absolute atomic E-state index is 12.3. The van der Waals surface area contributed by atoms with E-state index in [1.165, 1.54) is 0 Å². The second-order valence-corrected chi connectivity index (χ2v) is 6.59. The third-order valence-electron chi connectivity index (χ3n) is 3.97. The van der Waals surface area contributed by atoms with Crippen molar-refractivity contribution >= 4 is 11.9 Å². The van der Waals surface area contributed by atoms with E-state index < -0.39 is 0 Å². The number of piperazine rings is 1. The molecule has 0 spiro atoms. The van der Waals surface area contributed by atoms with Crippen molar-refractivity contribution in [2.75, 3.05) is 31.1 Å². The van der Waals surface area contributed by atoms with Gasteiger partial charge in [0.15, 0.2) is 0 Å². The van der Waals surface area contributed by atoms with Gasteiger partial charge in [-0.25, -0.2) is 9.97 Å². The van der Waals surface area contributed by atoms with Gasteiger partial charge in [-0.2, -0.15) is 0 Å². The number of carbonyl (C=O) groups is 1. The summed E-state index contributed by atoms with van der Waals surface area (Å²) < 4.78 is 0. The van der Waals surface area contributed by atoms with Crippen molar-refractivity contribution in [2.45, 2.75) is 33.2 Å². The first-order valence-electron chi connectivity index (χ1n) is 7.43. The molecule has 0 aromatic carbocycles. The molecule has 2 heterocycles. The Morgan fingerprint density at radius 3 is 2.33 bits per heavy atom. The Kier molecular flexibility index (Phi) is 4.77. The topological polar surface area (TPSA) is 75.4 Å². The first kappa shape index (κ1) is 15.7. The molecule has 0 radical (unpaired) electrons. The highest BCUT2D eigenvalue weighted by Gasteiger charge is 2.27. The van der Waals surface area contributed by atoms with Crippen LogP contribution in [0.5, 0.6) is 0 Å². The van der Waals surface area contributed by atoms with Gasteiger partial charge in [0, 0.05) is 51.0 Å². The Morgan fingerprint density at radius 1 is 1.24 bits per heavy atom. The number of aromatic nitrogens is 2. The van der Waals surface area contributed by atoms with Crippen LogP contribution in [0.15, 0.2) is 18.5 Å². The van der Waals surface area contributed by atoms with Gasteiger partial charge in [0.25, 0.3) is 0 Å². The van der Waals surface area contributed by atoms with Crippen molar-refractivity contribution in [1.82, 2.24) is 14.9 Å². The maximum atomic E-state index is 12.3. The predicted octanol–water partition coefficient (Wildman–Crippen LogP) is 0.889. The molecule has 1 aliphatic rings. The average Bonchev–Trinajstić information content (AvgIpc) is 2.47. The Hall–Kier alpha value is -1.69. The van der Waals surface area contributed by atoms with E-state index in [-0.39, 0.29) is 17.4 Å². The number of nitrogens with two attached hydrogens (primary N) is 1. The van der Waals surface area contributed by atoms with Crippen molar-refractivity contribution < 1.29 is 4.79 Å². The molecule has 1 aromatic heterocycles. The molecule has 0 bridgehead atoms. The minimum absolute atomic E-state index is 0.0463. The minimum atomic E-state index is -0.111. The SMILES string of the molecule is CC(C)(C)C(N)CC(=O)N1CCN(c2ncccn2)CC1. The summed E-state index contributed by atoms with van der Waals surface area (Å²) >= 11 is 0. The fourth-order valence-electron chi connectivity index (χ4n) is 2.23. The van der Waals surface area contributed by atoms with Crippen LogP contribution in [0.2, 0.25) is 0 Å². The lowest BCUT2D eigenvalue weighted by Gasteiger charge is -2.36. The second kappa shape index (κ2) is 6.39. The lowest BCUT2D eigenvalue weighted by molar-refractivity contribution is -0.132. The van der Waals surface area contributed by atoms with Crippen molar-refractivity contribution in [3.8, 4) is 0 Å². The Balaban J connectivity index is 1.85. The number of hydrogen-bond donors (Lipinski definition) is 1. The van der Waals surface area contributed by atoms with E-state index >= 15 is 0 Å². The third kappa shape index (κ3) is 4.14. The molecule has 2 rings (SSSR count). The van der Waals surface area contributed by atoms with Crippen molar-refractivity contribution in [3.63, 3.8) is 0 Å². The molecular weight excluding hydrogens is 266 g/mol. The molecule has 1 aromatic rings. The highest BCUT2D eigenvalue weighted by molar-refractivity contribution is 5.77. The van der Waals surface area contributed by atoms with Crippen molar-refractivity contribution in [1.29, 1.82) is 0 Å². The molecule has 1 unspecified atom stereocenters. The number of carbonyl (C=O) groups excluding carboxylic acids is 1. The fourth-order valence-corrected chi connectivity index (χ4v) is 2.23. The summed E-state index contributed by atoms with van der Waals surface area (Å²) in [6.45, 7) is 9.13. The number of anilines is 1. The first-order chi connectivity index (χ1) is 9.88. The summed E-state index contributed by atoms with van der Waals surface area (Å²) in [6.07, 6.45) is 3.88. The Labute approximate surface area is 126 Å². The van der Waals surface area contributed by atoms with Gasteiger partial charge in [-0.05, 0) is 11.5 Å². The van der Waals surface area contributed by atoms with Crippen LogP contribution in [0.4, 0.5) is 5.95 Å². The minimum Gasteiger partial charge on any atom is -0.339 e. The normalized spacial score (nSPS) is 17.7. The van der Waals surface area contributed by atoms with Crippen LogP contribution in [0.25, 0.3) is 0 Å². The van der Waals surface area contributed by atoms with Gasteiger partial charge in [-0.15, -0.1) is 0 Å². The van der Waals surface area contributed by atoms with Gasteiger partial charge in [-0.1, -0.05) is 20.8 Å². The highest BCUT2D eigenvalue weighted by atomic mass is 16.2. The average molecular weight is 291 g/mol. The molecular formula is C15H25N5O. The van der Waals surface area contributed by atoms with Crippen LogP contribution in [0.1, 0.15) is 27.2 Å².